The molecule has 1 N–H and O–H groups in total. The van der Waals surface area contributed by atoms with Crippen LogP contribution in [0.1, 0.15) is 84.6 Å². The molecule has 0 amide bonds. The molecular formula is C33H48O3S. The van der Waals surface area contributed by atoms with E-state index in [1.165, 1.54) is 51.4 Å². The SMILES string of the molecule is C/C=C(\[C@H](O)[C@@H](C)[C@H]1CC[C@H]2[C@@H]3C[C@@H](OC)[C@]45C[C@H]4CC[C@]5(C)[C@H]3CC[C@]12C)[S@@](=O)c1ccc(C)cc1. The predicted octanol–water partition coefficient (Wildman–Crippen LogP) is 7.29. The number of aryl methyl sites for hydroxylation is 1. The number of aliphatic hydroxyl groups is 1. The Morgan fingerprint density at radius 1 is 1.11 bits per heavy atom. The van der Waals surface area contributed by atoms with Gasteiger partial charge in [0.25, 0.3) is 0 Å². The number of allylic oxidation sites excluding steroid dienone is 1. The minimum absolute atomic E-state index is 0.0928. The Labute approximate surface area is 227 Å². The Balaban J connectivity index is 1.24. The first-order valence-electron chi connectivity index (χ1n) is 15.0. The van der Waals surface area contributed by atoms with Crippen molar-refractivity contribution in [3.8, 4) is 0 Å². The van der Waals surface area contributed by atoms with Gasteiger partial charge in [0.15, 0.2) is 0 Å². The summed E-state index contributed by atoms with van der Waals surface area (Å²) < 4.78 is 19.8. The van der Waals surface area contributed by atoms with Crippen LogP contribution in [0.15, 0.2) is 40.1 Å². The maximum atomic E-state index is 13.5. The van der Waals surface area contributed by atoms with Gasteiger partial charge in [0, 0.05) is 22.3 Å². The third-order valence-corrected chi connectivity index (χ3v) is 14.7. The highest BCUT2D eigenvalue weighted by Crippen LogP contribution is 2.82. The minimum Gasteiger partial charge on any atom is -0.387 e. The van der Waals surface area contributed by atoms with Crippen molar-refractivity contribution in [2.24, 2.45) is 51.8 Å². The Morgan fingerprint density at radius 2 is 1.84 bits per heavy atom. The number of benzene rings is 1. The summed E-state index contributed by atoms with van der Waals surface area (Å²) >= 11 is 0. The van der Waals surface area contributed by atoms with Crippen LogP contribution in [0.5, 0.6) is 0 Å². The first-order valence-corrected chi connectivity index (χ1v) is 16.1. The quantitative estimate of drug-likeness (QED) is 0.425. The van der Waals surface area contributed by atoms with Gasteiger partial charge in [0.2, 0.25) is 0 Å². The van der Waals surface area contributed by atoms with E-state index in [-0.39, 0.29) is 11.3 Å². The Bertz CT molecular complexity index is 1100. The van der Waals surface area contributed by atoms with Gasteiger partial charge in [0.1, 0.15) is 0 Å². The summed E-state index contributed by atoms with van der Waals surface area (Å²) in [4.78, 5) is 1.46. The van der Waals surface area contributed by atoms with Crippen molar-refractivity contribution in [3.05, 3.63) is 40.8 Å². The third kappa shape index (κ3) is 3.53. The summed E-state index contributed by atoms with van der Waals surface area (Å²) in [5.74, 6) is 3.76. The van der Waals surface area contributed by atoms with Gasteiger partial charge < -0.3 is 9.84 Å². The molecule has 0 heterocycles. The van der Waals surface area contributed by atoms with Crippen LogP contribution in [0.25, 0.3) is 0 Å². The molecular weight excluding hydrogens is 476 g/mol. The molecule has 12 atom stereocenters. The summed E-state index contributed by atoms with van der Waals surface area (Å²) in [6.45, 7) is 11.4. The van der Waals surface area contributed by atoms with Crippen molar-refractivity contribution in [2.75, 3.05) is 7.11 Å². The second kappa shape index (κ2) is 9.03. The largest absolute Gasteiger partial charge is 0.387 e. The van der Waals surface area contributed by atoms with E-state index in [0.717, 1.165) is 28.2 Å². The van der Waals surface area contributed by atoms with Gasteiger partial charge in [-0.2, -0.15) is 0 Å². The van der Waals surface area contributed by atoms with Crippen LogP contribution in [0, 0.1) is 58.7 Å². The van der Waals surface area contributed by atoms with Crippen LogP contribution in [-0.2, 0) is 15.5 Å². The summed E-state index contributed by atoms with van der Waals surface area (Å²) in [6.07, 6.45) is 12.2. The molecule has 5 saturated carbocycles. The molecule has 5 fully saturated rings. The lowest BCUT2D eigenvalue weighted by molar-refractivity contribution is -0.162. The monoisotopic (exact) mass is 524 g/mol. The minimum atomic E-state index is -1.33. The molecule has 5 aliphatic rings. The van der Waals surface area contributed by atoms with E-state index in [0.29, 0.717) is 33.7 Å². The number of rotatable bonds is 6. The van der Waals surface area contributed by atoms with E-state index in [2.05, 4.69) is 20.8 Å². The van der Waals surface area contributed by atoms with E-state index in [1.807, 2.05) is 51.3 Å². The Kier molecular flexibility index (Phi) is 6.41. The average molecular weight is 525 g/mol. The van der Waals surface area contributed by atoms with Crippen LogP contribution in [0.4, 0.5) is 0 Å². The van der Waals surface area contributed by atoms with Gasteiger partial charge in [-0.15, -0.1) is 0 Å². The molecule has 0 unspecified atom stereocenters. The number of aliphatic hydroxyl groups excluding tert-OH is 1. The summed E-state index contributed by atoms with van der Waals surface area (Å²) in [7, 11) is 0.640. The lowest BCUT2D eigenvalue weighted by Gasteiger charge is -2.61. The van der Waals surface area contributed by atoms with Crippen molar-refractivity contribution in [3.63, 3.8) is 0 Å². The molecule has 37 heavy (non-hydrogen) atoms. The lowest BCUT2D eigenvalue weighted by Crippen LogP contribution is -2.57. The van der Waals surface area contributed by atoms with Crippen molar-refractivity contribution in [1.82, 2.24) is 0 Å². The number of hydrogen-bond acceptors (Lipinski definition) is 3. The van der Waals surface area contributed by atoms with Gasteiger partial charge in [-0.3, -0.25) is 0 Å². The summed E-state index contributed by atoms with van der Waals surface area (Å²) in [5.41, 5.74) is 2.32. The highest BCUT2D eigenvalue weighted by atomic mass is 32.2. The molecule has 0 aromatic heterocycles. The van der Waals surface area contributed by atoms with Gasteiger partial charge in [-0.25, -0.2) is 4.21 Å². The van der Waals surface area contributed by atoms with E-state index >= 15 is 0 Å². The maximum absolute atomic E-state index is 13.5. The van der Waals surface area contributed by atoms with E-state index in [9.17, 15) is 9.32 Å². The van der Waals surface area contributed by atoms with Crippen molar-refractivity contribution >= 4 is 10.8 Å². The van der Waals surface area contributed by atoms with Crippen LogP contribution >= 0.6 is 0 Å². The normalized spacial score (nSPS) is 46.8. The van der Waals surface area contributed by atoms with Crippen LogP contribution in [-0.4, -0.2) is 28.6 Å². The highest BCUT2D eigenvalue weighted by molar-refractivity contribution is 7.89. The molecule has 6 rings (SSSR count). The van der Waals surface area contributed by atoms with Crippen molar-refractivity contribution in [1.29, 1.82) is 0 Å². The molecule has 4 heteroatoms. The fraction of sp³-hybridized carbons (Fsp3) is 0.758. The van der Waals surface area contributed by atoms with Crippen molar-refractivity contribution < 1.29 is 14.1 Å². The van der Waals surface area contributed by atoms with Gasteiger partial charge >= 0.3 is 0 Å². The predicted molar refractivity (Wildman–Crippen MR) is 150 cm³/mol. The Morgan fingerprint density at radius 3 is 2.49 bits per heavy atom. The molecule has 3 nitrogen and oxygen atoms in total. The lowest BCUT2D eigenvalue weighted by atomic mass is 9.45. The van der Waals surface area contributed by atoms with Crippen molar-refractivity contribution in [2.45, 2.75) is 103 Å². The Hall–Kier alpha value is -0.970. The fourth-order valence-electron chi connectivity index (χ4n) is 11.1. The molecule has 5 aliphatic carbocycles. The highest BCUT2D eigenvalue weighted by Gasteiger charge is 2.77. The number of methoxy groups -OCH3 is 1. The second-order valence-corrected chi connectivity index (χ2v) is 15.5. The second-order valence-electron chi connectivity index (χ2n) is 14.0. The smallest absolute Gasteiger partial charge is 0.0902 e. The zero-order valence-electron chi connectivity index (χ0n) is 23.8. The maximum Gasteiger partial charge on any atom is 0.0902 e. The van der Waals surface area contributed by atoms with Crippen LogP contribution < -0.4 is 0 Å². The molecule has 0 radical (unpaired) electrons. The number of hydrogen-bond donors (Lipinski definition) is 1. The van der Waals surface area contributed by atoms with Gasteiger partial charge in [-0.1, -0.05) is 44.5 Å². The number of fused-ring (bicyclic) bond motifs is 4. The molecule has 0 saturated heterocycles. The first kappa shape index (κ1) is 26.3. The van der Waals surface area contributed by atoms with E-state index in [1.54, 1.807) is 0 Å². The zero-order valence-corrected chi connectivity index (χ0v) is 24.7. The van der Waals surface area contributed by atoms with E-state index in [4.69, 9.17) is 4.74 Å². The topological polar surface area (TPSA) is 46.5 Å². The number of ether oxygens (including phenoxy) is 1. The zero-order chi connectivity index (χ0) is 26.3. The third-order valence-electron chi connectivity index (χ3n) is 13.1. The van der Waals surface area contributed by atoms with Gasteiger partial charge in [-0.05, 0) is 124 Å². The fourth-order valence-corrected chi connectivity index (χ4v) is 12.5. The summed E-state index contributed by atoms with van der Waals surface area (Å²) in [5, 5.41) is 11.7. The molecule has 0 aliphatic heterocycles. The average Bonchev–Trinajstić information content (AvgIpc) is 3.40. The first-order chi connectivity index (χ1) is 17.6. The molecule has 1 aromatic carbocycles. The molecule has 1 spiro atoms. The van der Waals surface area contributed by atoms with Crippen LogP contribution in [0.2, 0.25) is 0 Å². The molecule has 1 aromatic rings. The standard InChI is InChI=1S/C33H48O3S/c1-7-28(37(35)23-10-8-20(2)9-11-23)30(34)21(3)25-12-13-26-24-18-29(36-6)33-19-22(33)14-17-32(33,5)27(24)15-16-31(25,26)4/h7-11,21-22,24-27,29-30,34H,12-19H2,1-6H3/b28-7+/t21-,22+,24-,25+,26-,27-,29+,30+,31+,32+,33-,37-/m0/s1. The van der Waals surface area contributed by atoms with E-state index < -0.39 is 16.9 Å². The molecule has 0 bridgehead atoms. The van der Waals surface area contributed by atoms with Gasteiger partial charge in [0.05, 0.1) is 23.0 Å². The summed E-state index contributed by atoms with van der Waals surface area (Å²) in [6, 6.07) is 7.90. The van der Waals surface area contributed by atoms with Crippen LogP contribution in [0.3, 0.4) is 0 Å². The molecule has 204 valence electrons.